The summed E-state index contributed by atoms with van der Waals surface area (Å²) in [5.74, 6) is 2.00. The fraction of sp³-hybridized carbons (Fsp3) is 0.269. The summed E-state index contributed by atoms with van der Waals surface area (Å²) in [5.41, 5.74) is 14.3. The van der Waals surface area contributed by atoms with Crippen molar-refractivity contribution in [1.82, 2.24) is 0 Å². The van der Waals surface area contributed by atoms with Crippen LogP contribution in [0.25, 0.3) is 0 Å². The molecule has 3 aromatic rings. The van der Waals surface area contributed by atoms with Crippen LogP contribution in [0.15, 0.2) is 72.8 Å². The number of nitrogens with two attached hydrogens (primary N) is 2. The number of hydrogen-bond acceptors (Lipinski definition) is 3. The number of rotatable bonds is 9. The quantitative estimate of drug-likeness (QED) is 0.334. The van der Waals surface area contributed by atoms with Crippen molar-refractivity contribution >= 4 is 23.2 Å². The van der Waals surface area contributed by atoms with Crippen molar-refractivity contribution in [2.75, 3.05) is 24.6 Å². The number of para-hydroxylation sites is 2. The van der Waals surface area contributed by atoms with Crippen molar-refractivity contribution in [2.24, 2.45) is 11.5 Å². The zero-order valence-corrected chi connectivity index (χ0v) is 19.3. The van der Waals surface area contributed by atoms with Gasteiger partial charge in [0.25, 0.3) is 0 Å². The molecule has 0 saturated heterocycles. The normalized spacial score (nSPS) is 14.8. The van der Waals surface area contributed by atoms with Crippen LogP contribution < -0.4 is 30.8 Å². The Balaban J connectivity index is 1.32. The van der Waals surface area contributed by atoms with Crippen LogP contribution >= 0.6 is 11.6 Å². The number of anilines is 1. The highest BCUT2D eigenvalue weighted by molar-refractivity contribution is 6.30. The molecule has 3 aromatic carbocycles. The number of nitrogens with zero attached hydrogens (tertiary/aromatic N) is 1. The molecule has 1 unspecified atom stereocenters. The van der Waals surface area contributed by atoms with Gasteiger partial charge in [0.2, 0.25) is 0 Å². The second kappa shape index (κ2) is 11.0. The van der Waals surface area contributed by atoms with Crippen molar-refractivity contribution in [3.8, 4) is 11.5 Å². The average molecular weight is 466 g/mol. The van der Waals surface area contributed by atoms with E-state index in [0.717, 1.165) is 48.1 Å². The first kappa shape index (κ1) is 22.8. The third kappa shape index (κ3) is 6.56. The summed E-state index contributed by atoms with van der Waals surface area (Å²) in [5, 5.41) is 0.753. The molecule has 6 nitrogen and oxygen atoms in total. The number of halogens is 1. The minimum atomic E-state index is 0.0439. The molecule has 0 aromatic heterocycles. The zero-order chi connectivity index (χ0) is 23.0. The van der Waals surface area contributed by atoms with Crippen molar-refractivity contribution in [3.63, 3.8) is 0 Å². The minimum Gasteiger partial charge on any atom is -0.493 e. The van der Waals surface area contributed by atoms with Crippen molar-refractivity contribution < 1.29 is 14.5 Å². The fourth-order valence-corrected chi connectivity index (χ4v) is 4.16. The molecule has 4 rings (SSSR count). The number of nitrogens with one attached hydrogen (secondary N) is 1. The highest BCUT2D eigenvalue weighted by atomic mass is 35.5. The SMILES string of the molecule is NC(N)=[NH+]CCc1ccc(OCCC2CN(Cc3cccc(Cl)c3)c3ccccc3O2)cc1. The van der Waals surface area contributed by atoms with Crippen LogP contribution in [0.4, 0.5) is 5.69 Å². The van der Waals surface area contributed by atoms with Gasteiger partial charge in [0.05, 0.1) is 25.4 Å². The monoisotopic (exact) mass is 465 g/mol. The van der Waals surface area contributed by atoms with Gasteiger partial charge in [0, 0.05) is 24.4 Å². The third-order valence-corrected chi connectivity index (χ3v) is 5.80. The smallest absolute Gasteiger partial charge is 0.338 e. The van der Waals surface area contributed by atoms with Crippen LogP contribution in [0, 0.1) is 0 Å². The van der Waals surface area contributed by atoms with Gasteiger partial charge < -0.3 is 14.4 Å². The Labute approximate surface area is 199 Å². The number of guanidine groups is 1. The Morgan fingerprint density at radius 2 is 1.85 bits per heavy atom. The van der Waals surface area contributed by atoms with Gasteiger partial charge in [0.1, 0.15) is 17.6 Å². The van der Waals surface area contributed by atoms with Crippen LogP contribution in [0.5, 0.6) is 11.5 Å². The first-order valence-corrected chi connectivity index (χ1v) is 11.5. The molecule has 172 valence electrons. The first-order chi connectivity index (χ1) is 16.1. The van der Waals surface area contributed by atoms with Crippen molar-refractivity contribution in [2.45, 2.75) is 25.5 Å². The van der Waals surface area contributed by atoms with Gasteiger partial charge >= 0.3 is 5.96 Å². The lowest BCUT2D eigenvalue weighted by molar-refractivity contribution is -0.458. The molecule has 33 heavy (non-hydrogen) atoms. The Bertz CT molecular complexity index is 1080. The maximum absolute atomic E-state index is 6.27. The predicted octanol–water partition coefficient (Wildman–Crippen LogP) is 2.47. The number of benzene rings is 3. The highest BCUT2D eigenvalue weighted by Gasteiger charge is 2.25. The minimum absolute atomic E-state index is 0.0439. The van der Waals surface area contributed by atoms with Crippen LogP contribution in [0.1, 0.15) is 17.5 Å². The molecule has 0 bridgehead atoms. The number of ether oxygens (including phenoxy) is 2. The second-order valence-electron chi connectivity index (χ2n) is 8.13. The summed E-state index contributed by atoms with van der Waals surface area (Å²) < 4.78 is 12.3. The van der Waals surface area contributed by atoms with E-state index in [-0.39, 0.29) is 12.1 Å². The number of hydrogen-bond donors (Lipinski definition) is 3. The second-order valence-corrected chi connectivity index (χ2v) is 8.57. The van der Waals surface area contributed by atoms with Gasteiger partial charge in [-0.15, -0.1) is 0 Å². The highest BCUT2D eigenvalue weighted by Crippen LogP contribution is 2.35. The van der Waals surface area contributed by atoms with Gasteiger partial charge in [-0.05, 0) is 47.5 Å². The van der Waals surface area contributed by atoms with Crippen molar-refractivity contribution in [1.29, 1.82) is 0 Å². The molecule has 0 saturated carbocycles. The summed E-state index contributed by atoms with van der Waals surface area (Å²) in [6.45, 7) is 2.86. The van der Waals surface area contributed by atoms with Crippen LogP contribution in [-0.2, 0) is 13.0 Å². The predicted molar refractivity (Wildman–Crippen MR) is 133 cm³/mol. The average Bonchev–Trinajstić information content (AvgIpc) is 2.80. The molecule has 1 heterocycles. The first-order valence-electron chi connectivity index (χ1n) is 11.2. The largest absolute Gasteiger partial charge is 0.493 e. The Hall–Kier alpha value is -3.38. The Morgan fingerprint density at radius 1 is 1.03 bits per heavy atom. The standard InChI is InChI=1S/C26H29ClN4O2/c27-21-5-3-4-20(16-21)17-31-18-23(33-25-7-2-1-6-24(25)31)13-15-32-22-10-8-19(9-11-22)12-14-30-26(28)29/h1-11,16,23H,12-15,17-18H2,(H4,28,29,30)/p+1. The molecule has 0 fully saturated rings. The van der Waals surface area contributed by atoms with E-state index in [4.69, 9.17) is 32.5 Å². The lowest BCUT2D eigenvalue weighted by Crippen LogP contribution is -2.78. The summed E-state index contributed by atoms with van der Waals surface area (Å²) in [6, 6.07) is 24.3. The lowest BCUT2D eigenvalue weighted by atomic mass is 10.1. The molecule has 0 amide bonds. The van der Waals surface area contributed by atoms with E-state index in [0.29, 0.717) is 13.2 Å². The summed E-state index contributed by atoms with van der Waals surface area (Å²) in [4.78, 5) is 5.28. The van der Waals surface area contributed by atoms with Crippen molar-refractivity contribution in [3.05, 3.63) is 88.9 Å². The van der Waals surface area contributed by atoms with E-state index in [1.165, 1.54) is 11.1 Å². The maximum Gasteiger partial charge on any atom is 0.338 e. The fourth-order valence-electron chi connectivity index (χ4n) is 3.95. The van der Waals surface area contributed by atoms with Gasteiger partial charge in [-0.2, -0.15) is 0 Å². The number of fused-ring (bicyclic) bond motifs is 1. The Morgan fingerprint density at radius 3 is 2.64 bits per heavy atom. The van der Waals surface area contributed by atoms with E-state index in [1.807, 2.05) is 48.5 Å². The molecule has 0 radical (unpaired) electrons. The topological polar surface area (TPSA) is 87.7 Å². The van der Waals surface area contributed by atoms with E-state index < -0.39 is 0 Å². The summed E-state index contributed by atoms with van der Waals surface area (Å²) in [6.07, 6.45) is 1.68. The molecule has 1 aliphatic heterocycles. The van der Waals surface area contributed by atoms with E-state index in [1.54, 1.807) is 0 Å². The summed E-state index contributed by atoms with van der Waals surface area (Å²) >= 11 is 6.19. The Kier molecular flexibility index (Phi) is 7.58. The molecule has 0 aliphatic carbocycles. The maximum atomic E-state index is 6.27. The lowest BCUT2D eigenvalue weighted by Gasteiger charge is -2.36. The molecule has 5 N–H and O–H groups in total. The zero-order valence-electron chi connectivity index (χ0n) is 18.5. The van der Waals surface area contributed by atoms with Gasteiger partial charge in [0.15, 0.2) is 0 Å². The van der Waals surface area contributed by atoms with Crippen LogP contribution in [-0.4, -0.2) is 31.8 Å². The third-order valence-electron chi connectivity index (χ3n) is 5.56. The molecular weight excluding hydrogens is 436 g/mol. The summed E-state index contributed by atoms with van der Waals surface area (Å²) in [7, 11) is 0. The molecule has 1 aliphatic rings. The van der Waals surface area contributed by atoms with Gasteiger partial charge in [-0.3, -0.25) is 16.5 Å². The van der Waals surface area contributed by atoms with E-state index >= 15 is 0 Å². The van der Waals surface area contributed by atoms with E-state index in [9.17, 15) is 0 Å². The molecule has 7 heteroatoms. The molecule has 1 atom stereocenters. The van der Waals surface area contributed by atoms with Gasteiger partial charge in [-0.1, -0.05) is 48.0 Å². The molecule has 0 spiro atoms. The van der Waals surface area contributed by atoms with E-state index in [2.05, 4.69) is 34.2 Å². The van der Waals surface area contributed by atoms with Gasteiger partial charge in [-0.25, -0.2) is 0 Å². The molecular formula is C26H30ClN4O2+. The van der Waals surface area contributed by atoms with Crippen LogP contribution in [0.2, 0.25) is 5.02 Å². The van der Waals surface area contributed by atoms with Crippen LogP contribution in [0.3, 0.4) is 0 Å².